The third kappa shape index (κ3) is 4.30. The van der Waals surface area contributed by atoms with Crippen LogP contribution in [0.4, 0.5) is 0 Å². The first-order valence-electron chi connectivity index (χ1n) is 8.37. The van der Waals surface area contributed by atoms with Gasteiger partial charge in [0.25, 0.3) is 0 Å². The summed E-state index contributed by atoms with van der Waals surface area (Å²) in [7, 11) is 2.14. The average molecular weight is 309 g/mol. The second kappa shape index (κ2) is 7.26. The molecule has 1 heterocycles. The van der Waals surface area contributed by atoms with E-state index in [2.05, 4.69) is 62.5 Å². The fourth-order valence-electron chi connectivity index (χ4n) is 3.97. The molecule has 2 unspecified atom stereocenters. The fraction of sp³-hybridized carbons (Fsp3) is 0.778. The lowest BCUT2D eigenvalue weighted by atomic mass is 9.67. The molecule has 1 fully saturated rings. The monoisotopic (exact) mass is 308 g/mol. The Morgan fingerprint density at radius 3 is 2.76 bits per heavy atom. The molecule has 1 aromatic heterocycles. The number of nitrogens with one attached hydrogen (secondary N) is 1. The van der Waals surface area contributed by atoms with Gasteiger partial charge in [-0.1, -0.05) is 26.3 Å². The standard InChI is InChI=1S/C18H32N2S/c1-14(2)20(13-16-9-7-11-21-16)12-15-8-6-10-18(3,4)17(15)19-5/h7,9,11,14-15,17,19H,6,8,10,12-13H2,1-5H3. The van der Waals surface area contributed by atoms with Crippen molar-refractivity contribution >= 4 is 11.3 Å². The molecule has 2 atom stereocenters. The van der Waals surface area contributed by atoms with Crippen LogP contribution in [0, 0.1) is 11.3 Å². The molecule has 1 aromatic rings. The molecule has 0 spiro atoms. The molecular formula is C18H32N2S. The molecule has 21 heavy (non-hydrogen) atoms. The van der Waals surface area contributed by atoms with Crippen LogP contribution in [-0.4, -0.2) is 30.6 Å². The minimum Gasteiger partial charge on any atom is -0.316 e. The second-order valence-electron chi connectivity index (χ2n) is 7.51. The van der Waals surface area contributed by atoms with Gasteiger partial charge in [0.1, 0.15) is 0 Å². The van der Waals surface area contributed by atoms with Crippen molar-refractivity contribution in [2.45, 2.75) is 65.6 Å². The molecule has 1 N–H and O–H groups in total. The van der Waals surface area contributed by atoms with Crippen LogP contribution in [-0.2, 0) is 6.54 Å². The minimum atomic E-state index is 0.420. The highest BCUT2D eigenvalue weighted by molar-refractivity contribution is 7.09. The summed E-state index contributed by atoms with van der Waals surface area (Å²) >= 11 is 1.88. The highest BCUT2D eigenvalue weighted by atomic mass is 32.1. The van der Waals surface area contributed by atoms with Crippen molar-refractivity contribution in [1.29, 1.82) is 0 Å². The number of rotatable bonds is 6. The van der Waals surface area contributed by atoms with E-state index in [4.69, 9.17) is 0 Å². The van der Waals surface area contributed by atoms with Crippen molar-refractivity contribution in [2.75, 3.05) is 13.6 Å². The van der Waals surface area contributed by atoms with Crippen LogP contribution in [0.1, 0.15) is 51.8 Å². The summed E-state index contributed by atoms with van der Waals surface area (Å²) in [6.45, 7) is 11.8. The summed E-state index contributed by atoms with van der Waals surface area (Å²) in [6.07, 6.45) is 4.09. The molecule has 0 radical (unpaired) electrons. The molecule has 2 rings (SSSR count). The van der Waals surface area contributed by atoms with E-state index in [0.29, 0.717) is 17.5 Å². The first kappa shape index (κ1) is 17.0. The second-order valence-corrected chi connectivity index (χ2v) is 8.54. The van der Waals surface area contributed by atoms with Gasteiger partial charge in [-0.3, -0.25) is 4.90 Å². The molecule has 1 aliphatic carbocycles. The van der Waals surface area contributed by atoms with Crippen LogP contribution in [0.25, 0.3) is 0 Å². The number of thiophene rings is 1. The van der Waals surface area contributed by atoms with Gasteiger partial charge in [-0.15, -0.1) is 11.3 Å². The van der Waals surface area contributed by atoms with Crippen molar-refractivity contribution in [1.82, 2.24) is 10.2 Å². The maximum Gasteiger partial charge on any atom is 0.0330 e. The lowest BCUT2D eigenvalue weighted by Crippen LogP contribution is -2.52. The highest BCUT2D eigenvalue weighted by Crippen LogP contribution is 2.39. The van der Waals surface area contributed by atoms with Crippen LogP contribution in [0.15, 0.2) is 17.5 Å². The van der Waals surface area contributed by atoms with Gasteiger partial charge < -0.3 is 5.32 Å². The normalized spacial score (nSPS) is 25.7. The highest BCUT2D eigenvalue weighted by Gasteiger charge is 2.38. The zero-order valence-electron chi connectivity index (χ0n) is 14.4. The lowest BCUT2D eigenvalue weighted by molar-refractivity contribution is 0.0710. The van der Waals surface area contributed by atoms with Gasteiger partial charge in [-0.2, -0.15) is 0 Å². The predicted octanol–water partition coefficient (Wildman–Crippen LogP) is 4.37. The van der Waals surface area contributed by atoms with E-state index in [1.165, 1.54) is 30.7 Å². The molecule has 3 heteroatoms. The Morgan fingerprint density at radius 1 is 1.43 bits per heavy atom. The first-order valence-corrected chi connectivity index (χ1v) is 9.25. The van der Waals surface area contributed by atoms with E-state index >= 15 is 0 Å². The van der Waals surface area contributed by atoms with Gasteiger partial charge >= 0.3 is 0 Å². The van der Waals surface area contributed by atoms with E-state index in [9.17, 15) is 0 Å². The zero-order valence-corrected chi connectivity index (χ0v) is 15.2. The Kier molecular flexibility index (Phi) is 5.87. The summed E-state index contributed by atoms with van der Waals surface area (Å²) in [5, 5.41) is 5.81. The predicted molar refractivity (Wildman–Crippen MR) is 93.8 cm³/mol. The molecular weight excluding hydrogens is 276 g/mol. The van der Waals surface area contributed by atoms with Crippen molar-refractivity contribution in [3.8, 4) is 0 Å². The van der Waals surface area contributed by atoms with E-state index in [-0.39, 0.29) is 0 Å². The maximum atomic E-state index is 3.62. The SMILES string of the molecule is CNC1C(CN(Cc2cccs2)C(C)C)CCCC1(C)C. The van der Waals surface area contributed by atoms with Crippen molar-refractivity contribution in [2.24, 2.45) is 11.3 Å². The molecule has 1 aliphatic rings. The van der Waals surface area contributed by atoms with Crippen molar-refractivity contribution < 1.29 is 0 Å². The van der Waals surface area contributed by atoms with Crippen LogP contribution in [0.3, 0.4) is 0 Å². The molecule has 120 valence electrons. The van der Waals surface area contributed by atoms with Crippen molar-refractivity contribution in [3.05, 3.63) is 22.4 Å². The first-order chi connectivity index (χ1) is 9.94. The Bertz CT molecular complexity index is 411. The van der Waals surface area contributed by atoms with Crippen LogP contribution in [0.2, 0.25) is 0 Å². The van der Waals surface area contributed by atoms with Crippen LogP contribution < -0.4 is 5.32 Å². The number of hydrogen-bond donors (Lipinski definition) is 1. The minimum absolute atomic E-state index is 0.420. The van der Waals surface area contributed by atoms with E-state index < -0.39 is 0 Å². The van der Waals surface area contributed by atoms with Crippen molar-refractivity contribution in [3.63, 3.8) is 0 Å². The van der Waals surface area contributed by atoms with Crippen LogP contribution >= 0.6 is 11.3 Å². The zero-order chi connectivity index (χ0) is 15.5. The molecule has 0 saturated heterocycles. The molecule has 0 bridgehead atoms. The quantitative estimate of drug-likeness (QED) is 0.839. The Morgan fingerprint density at radius 2 is 2.19 bits per heavy atom. The summed E-state index contributed by atoms with van der Waals surface area (Å²) < 4.78 is 0. The fourth-order valence-corrected chi connectivity index (χ4v) is 4.69. The molecule has 0 aliphatic heterocycles. The maximum absolute atomic E-state index is 3.62. The molecule has 0 aromatic carbocycles. The molecule has 0 amide bonds. The third-order valence-corrected chi connectivity index (χ3v) is 6.02. The molecule has 1 saturated carbocycles. The molecule has 2 nitrogen and oxygen atoms in total. The van der Waals surface area contributed by atoms with Gasteiger partial charge in [-0.25, -0.2) is 0 Å². The largest absolute Gasteiger partial charge is 0.316 e. The van der Waals surface area contributed by atoms with Gasteiger partial charge in [0.05, 0.1) is 0 Å². The third-order valence-electron chi connectivity index (χ3n) is 5.16. The Balaban J connectivity index is 2.04. The number of nitrogens with zero attached hydrogens (tertiary/aromatic N) is 1. The summed E-state index contributed by atoms with van der Waals surface area (Å²) in [4.78, 5) is 4.14. The van der Waals surface area contributed by atoms with E-state index in [1.54, 1.807) is 0 Å². The van der Waals surface area contributed by atoms with E-state index in [1.807, 2.05) is 11.3 Å². The lowest BCUT2D eigenvalue weighted by Gasteiger charge is -2.46. The topological polar surface area (TPSA) is 15.3 Å². The van der Waals surface area contributed by atoms with Gasteiger partial charge in [0, 0.05) is 30.1 Å². The van der Waals surface area contributed by atoms with Gasteiger partial charge in [-0.05, 0) is 56.5 Å². The summed E-state index contributed by atoms with van der Waals surface area (Å²) in [5.74, 6) is 0.765. The Hall–Kier alpha value is -0.380. The van der Waals surface area contributed by atoms with Gasteiger partial charge in [0.15, 0.2) is 0 Å². The van der Waals surface area contributed by atoms with E-state index in [0.717, 1.165) is 12.5 Å². The Labute approximate surface area is 134 Å². The summed E-state index contributed by atoms with van der Waals surface area (Å²) in [6, 6.07) is 5.67. The summed E-state index contributed by atoms with van der Waals surface area (Å²) in [5.41, 5.74) is 0.420. The van der Waals surface area contributed by atoms with Gasteiger partial charge in [0.2, 0.25) is 0 Å². The average Bonchev–Trinajstić information content (AvgIpc) is 2.90. The number of hydrogen-bond acceptors (Lipinski definition) is 3. The smallest absolute Gasteiger partial charge is 0.0330 e. The van der Waals surface area contributed by atoms with Crippen LogP contribution in [0.5, 0.6) is 0 Å².